The molecule has 0 bridgehead atoms. The van der Waals surface area contributed by atoms with Gasteiger partial charge in [0.25, 0.3) is 0 Å². The van der Waals surface area contributed by atoms with Crippen LogP contribution >= 0.6 is 24.0 Å². The van der Waals surface area contributed by atoms with Gasteiger partial charge >= 0.3 is 0 Å². The molecule has 2 N–H and O–H groups in total. The highest BCUT2D eigenvalue weighted by atomic mass is 127. The summed E-state index contributed by atoms with van der Waals surface area (Å²) in [6.07, 6.45) is 1.03. The second-order valence-corrected chi connectivity index (χ2v) is 6.32. The highest BCUT2D eigenvalue weighted by Crippen LogP contribution is 2.27. The SMILES string of the molecule is CCNC(=NCCOc1cccc(NC(C)=O)c1)N1CCc2ccccc21.I. The first-order valence-corrected chi connectivity index (χ1v) is 9.31. The van der Waals surface area contributed by atoms with Crippen molar-refractivity contribution in [3.63, 3.8) is 0 Å². The number of ether oxygens (including phenoxy) is 1. The highest BCUT2D eigenvalue weighted by molar-refractivity contribution is 14.0. The smallest absolute Gasteiger partial charge is 0.221 e. The molecule has 1 heterocycles. The molecular weight excluding hydrogens is 467 g/mol. The Morgan fingerprint density at radius 1 is 1.21 bits per heavy atom. The molecular formula is C21H27IN4O2. The molecule has 0 atom stereocenters. The van der Waals surface area contributed by atoms with E-state index in [-0.39, 0.29) is 29.9 Å². The van der Waals surface area contributed by atoms with Crippen molar-refractivity contribution in [3.05, 3.63) is 54.1 Å². The van der Waals surface area contributed by atoms with Gasteiger partial charge in [0.15, 0.2) is 5.96 Å². The Morgan fingerprint density at radius 3 is 2.82 bits per heavy atom. The second-order valence-electron chi connectivity index (χ2n) is 6.32. The summed E-state index contributed by atoms with van der Waals surface area (Å²) in [7, 11) is 0. The van der Waals surface area contributed by atoms with Crippen LogP contribution in [-0.2, 0) is 11.2 Å². The molecule has 28 heavy (non-hydrogen) atoms. The van der Waals surface area contributed by atoms with Crippen LogP contribution in [-0.4, -0.2) is 38.1 Å². The van der Waals surface area contributed by atoms with Gasteiger partial charge in [0.2, 0.25) is 5.91 Å². The lowest BCUT2D eigenvalue weighted by molar-refractivity contribution is -0.114. The number of hydrogen-bond acceptors (Lipinski definition) is 3. The molecule has 0 aliphatic carbocycles. The summed E-state index contributed by atoms with van der Waals surface area (Å²) in [6, 6.07) is 15.8. The average molecular weight is 494 g/mol. The Morgan fingerprint density at radius 2 is 2.04 bits per heavy atom. The van der Waals surface area contributed by atoms with Gasteiger partial charge in [0, 0.05) is 37.5 Å². The molecule has 0 saturated carbocycles. The van der Waals surface area contributed by atoms with Crippen LogP contribution in [0.5, 0.6) is 5.75 Å². The van der Waals surface area contributed by atoms with E-state index in [1.54, 1.807) is 0 Å². The number of benzene rings is 2. The summed E-state index contributed by atoms with van der Waals surface area (Å²) in [5, 5.41) is 6.12. The van der Waals surface area contributed by atoms with Crippen molar-refractivity contribution in [2.45, 2.75) is 20.3 Å². The number of hydrogen-bond donors (Lipinski definition) is 2. The van der Waals surface area contributed by atoms with Crippen LogP contribution in [0, 0.1) is 0 Å². The van der Waals surface area contributed by atoms with Crippen LogP contribution in [0.25, 0.3) is 0 Å². The zero-order valence-corrected chi connectivity index (χ0v) is 18.6. The summed E-state index contributed by atoms with van der Waals surface area (Å²) in [5.74, 6) is 1.50. The third kappa shape index (κ3) is 5.85. The van der Waals surface area contributed by atoms with Gasteiger partial charge in [-0.15, -0.1) is 24.0 Å². The van der Waals surface area contributed by atoms with Crippen molar-refractivity contribution in [1.29, 1.82) is 0 Å². The minimum absolute atomic E-state index is 0. The molecule has 1 aliphatic rings. The third-order valence-electron chi connectivity index (χ3n) is 4.25. The molecule has 1 amide bonds. The number of halogens is 1. The monoisotopic (exact) mass is 494 g/mol. The van der Waals surface area contributed by atoms with Crippen molar-refractivity contribution in [2.24, 2.45) is 4.99 Å². The van der Waals surface area contributed by atoms with Crippen molar-refractivity contribution >= 4 is 47.2 Å². The van der Waals surface area contributed by atoms with Gasteiger partial charge in [0.1, 0.15) is 12.4 Å². The molecule has 0 aromatic heterocycles. The van der Waals surface area contributed by atoms with E-state index >= 15 is 0 Å². The van der Waals surface area contributed by atoms with Crippen LogP contribution < -0.4 is 20.3 Å². The van der Waals surface area contributed by atoms with Gasteiger partial charge in [-0.25, -0.2) is 4.99 Å². The van der Waals surface area contributed by atoms with E-state index < -0.39 is 0 Å². The lowest BCUT2D eigenvalue weighted by Gasteiger charge is -2.22. The van der Waals surface area contributed by atoms with E-state index in [2.05, 4.69) is 46.7 Å². The average Bonchev–Trinajstić information content (AvgIpc) is 3.08. The topological polar surface area (TPSA) is 66.0 Å². The predicted molar refractivity (Wildman–Crippen MR) is 125 cm³/mol. The fourth-order valence-corrected chi connectivity index (χ4v) is 3.13. The van der Waals surface area contributed by atoms with Gasteiger partial charge in [-0.2, -0.15) is 0 Å². The molecule has 150 valence electrons. The van der Waals surface area contributed by atoms with E-state index in [4.69, 9.17) is 9.73 Å². The number of amides is 1. The number of carbonyl (C=O) groups is 1. The number of nitrogens with one attached hydrogen (secondary N) is 2. The zero-order chi connectivity index (χ0) is 19.1. The zero-order valence-electron chi connectivity index (χ0n) is 16.3. The fourth-order valence-electron chi connectivity index (χ4n) is 3.13. The van der Waals surface area contributed by atoms with E-state index in [0.29, 0.717) is 18.9 Å². The molecule has 0 unspecified atom stereocenters. The van der Waals surface area contributed by atoms with Crippen molar-refractivity contribution in [1.82, 2.24) is 5.32 Å². The Bertz CT molecular complexity index is 826. The minimum atomic E-state index is -0.0991. The van der Waals surface area contributed by atoms with Crippen molar-refractivity contribution < 1.29 is 9.53 Å². The second kappa shape index (κ2) is 10.9. The molecule has 7 heteroatoms. The van der Waals surface area contributed by atoms with Gasteiger partial charge < -0.3 is 20.3 Å². The van der Waals surface area contributed by atoms with Crippen molar-refractivity contribution in [2.75, 3.05) is 36.5 Å². The van der Waals surface area contributed by atoms with Gasteiger partial charge in [-0.1, -0.05) is 24.3 Å². The van der Waals surface area contributed by atoms with Crippen molar-refractivity contribution in [3.8, 4) is 5.75 Å². The molecule has 0 fully saturated rings. The number of rotatable bonds is 6. The number of guanidine groups is 1. The Balaban J connectivity index is 0.00000280. The van der Waals surface area contributed by atoms with Gasteiger partial charge in [-0.3, -0.25) is 4.79 Å². The van der Waals surface area contributed by atoms with E-state index in [1.807, 2.05) is 24.3 Å². The molecule has 0 radical (unpaired) electrons. The third-order valence-corrected chi connectivity index (χ3v) is 4.25. The molecule has 0 saturated heterocycles. The summed E-state index contributed by atoms with van der Waals surface area (Å²) in [5.41, 5.74) is 3.31. The maximum absolute atomic E-state index is 11.2. The number of fused-ring (bicyclic) bond motifs is 1. The van der Waals surface area contributed by atoms with Crippen LogP contribution in [0.3, 0.4) is 0 Å². The number of aliphatic imine (C=N–C) groups is 1. The fraction of sp³-hybridized carbons (Fsp3) is 0.333. The standard InChI is InChI=1S/C21H26N4O2.HI/c1-3-22-21(25-13-11-17-7-4-5-10-20(17)25)23-12-14-27-19-9-6-8-18(15-19)24-16(2)26;/h4-10,15H,3,11-14H2,1-2H3,(H,22,23)(H,24,26);1H. The van der Waals surface area contributed by atoms with Crippen LogP contribution in [0.1, 0.15) is 19.4 Å². The Kier molecular flexibility index (Phi) is 8.56. The summed E-state index contributed by atoms with van der Waals surface area (Å²) >= 11 is 0. The quantitative estimate of drug-likeness (QED) is 0.279. The summed E-state index contributed by atoms with van der Waals surface area (Å²) in [6.45, 7) is 6.32. The normalized spacial score (nSPS) is 12.8. The first-order valence-electron chi connectivity index (χ1n) is 9.31. The lowest BCUT2D eigenvalue weighted by Crippen LogP contribution is -2.40. The van der Waals surface area contributed by atoms with Crippen LogP contribution in [0.4, 0.5) is 11.4 Å². The molecule has 3 rings (SSSR count). The van der Waals surface area contributed by atoms with E-state index in [0.717, 1.165) is 31.2 Å². The number of nitrogens with zero attached hydrogens (tertiary/aromatic N) is 2. The largest absolute Gasteiger partial charge is 0.492 e. The minimum Gasteiger partial charge on any atom is -0.492 e. The first kappa shape index (κ1) is 22.0. The summed E-state index contributed by atoms with van der Waals surface area (Å²) < 4.78 is 5.78. The van der Waals surface area contributed by atoms with Crippen LogP contribution in [0.2, 0.25) is 0 Å². The molecule has 1 aliphatic heterocycles. The molecule has 2 aromatic rings. The number of anilines is 2. The summed E-state index contributed by atoms with van der Waals surface area (Å²) in [4.78, 5) is 18.1. The Labute approximate surface area is 183 Å². The number of carbonyl (C=O) groups excluding carboxylic acids is 1. The van der Waals surface area contributed by atoms with Gasteiger partial charge in [-0.05, 0) is 37.1 Å². The maximum atomic E-state index is 11.2. The number of para-hydroxylation sites is 1. The maximum Gasteiger partial charge on any atom is 0.221 e. The Hall–Kier alpha value is -2.29. The first-order chi connectivity index (χ1) is 13.2. The van der Waals surface area contributed by atoms with E-state index in [1.165, 1.54) is 18.2 Å². The van der Waals surface area contributed by atoms with E-state index in [9.17, 15) is 4.79 Å². The lowest BCUT2D eigenvalue weighted by atomic mass is 10.2. The van der Waals surface area contributed by atoms with Gasteiger partial charge in [0.05, 0.1) is 6.54 Å². The highest BCUT2D eigenvalue weighted by Gasteiger charge is 2.22. The molecule has 2 aromatic carbocycles. The van der Waals surface area contributed by atoms with Crippen LogP contribution in [0.15, 0.2) is 53.5 Å². The molecule has 0 spiro atoms. The predicted octanol–water partition coefficient (Wildman–Crippen LogP) is 3.67. The molecule has 6 nitrogen and oxygen atoms in total.